The van der Waals surface area contributed by atoms with Gasteiger partial charge in [-0.2, -0.15) is 0 Å². The van der Waals surface area contributed by atoms with E-state index in [9.17, 15) is 9.90 Å². The van der Waals surface area contributed by atoms with E-state index in [0.29, 0.717) is 5.56 Å². The van der Waals surface area contributed by atoms with Crippen molar-refractivity contribution in [1.29, 1.82) is 0 Å². The fourth-order valence-electron chi connectivity index (χ4n) is 1.17. The molecule has 0 spiro atoms. The standard InChI is InChI=1S/C10H12ClNO3/c1-15-9-5-6(7(13)2-3-12)4-8(14)10(9)11/h4-5,14H,2-3,12H2,1H3. The molecule has 3 N–H and O–H groups in total. The average Bonchev–Trinajstić information content (AvgIpc) is 2.22. The molecule has 1 aromatic carbocycles. The summed E-state index contributed by atoms with van der Waals surface area (Å²) >= 11 is 5.74. The van der Waals surface area contributed by atoms with E-state index in [1.165, 1.54) is 19.2 Å². The number of nitrogens with two attached hydrogens (primary N) is 1. The summed E-state index contributed by atoms with van der Waals surface area (Å²) in [7, 11) is 1.41. The first-order chi connectivity index (χ1) is 7.10. The van der Waals surface area contributed by atoms with Crippen molar-refractivity contribution in [3.63, 3.8) is 0 Å². The molecule has 0 radical (unpaired) electrons. The molecule has 1 aromatic rings. The van der Waals surface area contributed by atoms with Crippen LogP contribution in [0.2, 0.25) is 5.02 Å². The van der Waals surface area contributed by atoms with Gasteiger partial charge in [-0.05, 0) is 18.7 Å². The number of hydrogen-bond donors (Lipinski definition) is 2. The number of rotatable bonds is 4. The molecule has 0 heterocycles. The zero-order valence-corrected chi connectivity index (χ0v) is 9.04. The highest BCUT2D eigenvalue weighted by Gasteiger charge is 2.12. The van der Waals surface area contributed by atoms with Crippen LogP contribution in [0.4, 0.5) is 0 Å². The van der Waals surface area contributed by atoms with E-state index in [1.807, 2.05) is 0 Å². The SMILES string of the molecule is COc1cc(C(=O)CCN)cc(O)c1Cl. The Balaban J connectivity index is 3.10. The molecule has 15 heavy (non-hydrogen) atoms. The minimum atomic E-state index is -0.170. The largest absolute Gasteiger partial charge is 0.506 e. The number of phenols is 1. The molecule has 0 saturated carbocycles. The number of Topliss-reactive ketones (excluding diaryl/α,β-unsaturated/α-hetero) is 1. The first-order valence-electron chi connectivity index (χ1n) is 4.40. The number of hydrogen-bond acceptors (Lipinski definition) is 4. The van der Waals surface area contributed by atoms with E-state index in [1.54, 1.807) is 0 Å². The Hall–Kier alpha value is -1.26. The maximum atomic E-state index is 11.5. The summed E-state index contributed by atoms with van der Waals surface area (Å²) < 4.78 is 4.92. The molecule has 0 aromatic heterocycles. The zero-order chi connectivity index (χ0) is 11.4. The summed E-state index contributed by atoms with van der Waals surface area (Å²) in [6, 6.07) is 2.79. The van der Waals surface area contributed by atoms with E-state index < -0.39 is 0 Å². The molecule has 0 aliphatic carbocycles. The first kappa shape index (κ1) is 11.8. The summed E-state index contributed by atoms with van der Waals surface area (Å²) in [6.45, 7) is 0.268. The van der Waals surface area contributed by atoms with Gasteiger partial charge >= 0.3 is 0 Å². The Labute approximate surface area is 92.6 Å². The second-order valence-electron chi connectivity index (χ2n) is 2.97. The molecule has 0 saturated heterocycles. The quantitative estimate of drug-likeness (QED) is 0.769. The van der Waals surface area contributed by atoms with Gasteiger partial charge in [0.2, 0.25) is 0 Å². The maximum Gasteiger partial charge on any atom is 0.164 e. The summed E-state index contributed by atoms with van der Waals surface area (Å²) in [5, 5.41) is 9.53. The first-order valence-corrected chi connectivity index (χ1v) is 4.77. The number of phenolic OH excluding ortho intramolecular Hbond substituents is 1. The van der Waals surface area contributed by atoms with Crippen molar-refractivity contribution in [3.8, 4) is 11.5 Å². The van der Waals surface area contributed by atoms with Gasteiger partial charge in [-0.1, -0.05) is 11.6 Å². The van der Waals surface area contributed by atoms with Gasteiger partial charge in [-0.15, -0.1) is 0 Å². The van der Waals surface area contributed by atoms with Crippen molar-refractivity contribution >= 4 is 17.4 Å². The highest BCUT2D eigenvalue weighted by atomic mass is 35.5. The molecular formula is C10H12ClNO3. The summed E-state index contributed by atoms with van der Waals surface area (Å²) in [4.78, 5) is 11.5. The van der Waals surface area contributed by atoms with Gasteiger partial charge in [-0.25, -0.2) is 0 Å². The number of ether oxygens (including phenoxy) is 1. The van der Waals surface area contributed by atoms with E-state index in [-0.39, 0.29) is 35.3 Å². The number of halogens is 1. The van der Waals surface area contributed by atoms with Gasteiger partial charge < -0.3 is 15.6 Å². The molecular weight excluding hydrogens is 218 g/mol. The van der Waals surface area contributed by atoms with Gasteiger partial charge in [0, 0.05) is 12.0 Å². The van der Waals surface area contributed by atoms with Gasteiger partial charge in [0.15, 0.2) is 5.78 Å². The van der Waals surface area contributed by atoms with Crippen molar-refractivity contribution < 1.29 is 14.6 Å². The second kappa shape index (κ2) is 5.00. The number of carbonyl (C=O) groups is 1. The number of carbonyl (C=O) groups excluding carboxylic acids is 1. The molecule has 4 nitrogen and oxygen atoms in total. The maximum absolute atomic E-state index is 11.5. The molecule has 0 aliphatic rings. The fourth-order valence-corrected chi connectivity index (χ4v) is 1.35. The van der Waals surface area contributed by atoms with Crippen LogP contribution < -0.4 is 10.5 Å². The molecule has 82 valence electrons. The summed E-state index contributed by atoms with van der Waals surface area (Å²) in [6.07, 6.45) is 0.226. The van der Waals surface area contributed by atoms with E-state index in [2.05, 4.69) is 0 Å². The van der Waals surface area contributed by atoms with Crippen LogP contribution in [0.1, 0.15) is 16.8 Å². The molecule has 0 aliphatic heterocycles. The van der Waals surface area contributed by atoms with Crippen LogP contribution >= 0.6 is 11.6 Å². The lowest BCUT2D eigenvalue weighted by atomic mass is 10.1. The average molecular weight is 230 g/mol. The Bertz CT molecular complexity index is 379. The van der Waals surface area contributed by atoms with E-state index >= 15 is 0 Å². The number of ketones is 1. The van der Waals surface area contributed by atoms with Gasteiger partial charge in [0.25, 0.3) is 0 Å². The van der Waals surface area contributed by atoms with Gasteiger partial charge in [0.05, 0.1) is 7.11 Å². The fraction of sp³-hybridized carbons (Fsp3) is 0.300. The monoisotopic (exact) mass is 229 g/mol. The molecule has 0 fully saturated rings. The third-order valence-electron chi connectivity index (χ3n) is 1.93. The normalized spacial score (nSPS) is 10.1. The molecule has 0 amide bonds. The Morgan fingerprint density at radius 2 is 2.27 bits per heavy atom. The Morgan fingerprint density at radius 3 is 2.80 bits per heavy atom. The Morgan fingerprint density at radius 1 is 1.60 bits per heavy atom. The highest BCUT2D eigenvalue weighted by molar-refractivity contribution is 6.33. The highest BCUT2D eigenvalue weighted by Crippen LogP contribution is 2.34. The lowest BCUT2D eigenvalue weighted by Gasteiger charge is -2.07. The topological polar surface area (TPSA) is 72.5 Å². The number of benzene rings is 1. The van der Waals surface area contributed by atoms with Crippen molar-refractivity contribution in [3.05, 3.63) is 22.7 Å². The lowest BCUT2D eigenvalue weighted by molar-refractivity contribution is 0.0984. The van der Waals surface area contributed by atoms with Crippen LogP contribution in [0.25, 0.3) is 0 Å². The third kappa shape index (κ3) is 2.61. The van der Waals surface area contributed by atoms with Crippen LogP contribution in [0, 0.1) is 0 Å². The van der Waals surface area contributed by atoms with Crippen LogP contribution in [-0.2, 0) is 0 Å². The van der Waals surface area contributed by atoms with Crippen molar-refractivity contribution in [2.45, 2.75) is 6.42 Å². The minimum Gasteiger partial charge on any atom is -0.506 e. The van der Waals surface area contributed by atoms with Crippen molar-refractivity contribution in [2.24, 2.45) is 5.73 Å². The minimum absolute atomic E-state index is 0.0989. The molecule has 1 rings (SSSR count). The molecule has 0 unspecified atom stereocenters. The van der Waals surface area contributed by atoms with Gasteiger partial charge in [-0.3, -0.25) is 4.79 Å². The molecule has 5 heteroatoms. The second-order valence-corrected chi connectivity index (χ2v) is 3.35. The van der Waals surface area contributed by atoms with Gasteiger partial charge in [0.1, 0.15) is 16.5 Å². The van der Waals surface area contributed by atoms with E-state index in [4.69, 9.17) is 22.1 Å². The molecule has 0 atom stereocenters. The number of aromatic hydroxyl groups is 1. The lowest BCUT2D eigenvalue weighted by Crippen LogP contribution is -2.08. The predicted octanol–water partition coefficient (Wildman–Crippen LogP) is 1.59. The smallest absolute Gasteiger partial charge is 0.164 e. The van der Waals surface area contributed by atoms with Crippen molar-refractivity contribution in [2.75, 3.05) is 13.7 Å². The molecule has 0 bridgehead atoms. The van der Waals surface area contributed by atoms with Crippen LogP contribution in [0.3, 0.4) is 0 Å². The van der Waals surface area contributed by atoms with Crippen LogP contribution in [0.15, 0.2) is 12.1 Å². The predicted molar refractivity (Wildman–Crippen MR) is 57.7 cm³/mol. The Kier molecular flexibility index (Phi) is 3.94. The van der Waals surface area contributed by atoms with Crippen LogP contribution in [0.5, 0.6) is 11.5 Å². The summed E-state index contributed by atoms with van der Waals surface area (Å²) in [5.74, 6) is -0.0452. The van der Waals surface area contributed by atoms with E-state index in [0.717, 1.165) is 0 Å². The summed E-state index contributed by atoms with van der Waals surface area (Å²) in [5.41, 5.74) is 5.61. The number of methoxy groups -OCH3 is 1. The van der Waals surface area contributed by atoms with Crippen LogP contribution in [-0.4, -0.2) is 24.5 Å². The van der Waals surface area contributed by atoms with Crippen molar-refractivity contribution in [1.82, 2.24) is 0 Å². The zero-order valence-electron chi connectivity index (χ0n) is 8.29. The third-order valence-corrected chi connectivity index (χ3v) is 2.31.